The van der Waals surface area contributed by atoms with E-state index in [0.29, 0.717) is 0 Å². The number of aryl methyl sites for hydroxylation is 2. The summed E-state index contributed by atoms with van der Waals surface area (Å²) in [5, 5.41) is 3.31. The number of rotatable bonds is 3. The Labute approximate surface area is 261 Å². The van der Waals surface area contributed by atoms with Crippen molar-refractivity contribution in [1.29, 1.82) is 0 Å². The third-order valence-corrected chi connectivity index (χ3v) is 8.90. The number of fused-ring (bicyclic) bond motifs is 6. The van der Waals surface area contributed by atoms with Gasteiger partial charge in [0.25, 0.3) is 0 Å². The highest BCUT2D eigenvalue weighted by Gasteiger charge is 2.29. The van der Waals surface area contributed by atoms with Gasteiger partial charge in [-0.05, 0) is 107 Å². The van der Waals surface area contributed by atoms with Crippen LogP contribution < -0.4 is 4.90 Å². The average Bonchev–Trinajstić information content (AvgIpc) is 3.48. The van der Waals surface area contributed by atoms with Crippen LogP contribution in [0.25, 0.3) is 32.8 Å². The minimum absolute atomic E-state index is 0.107. The Kier molecular flexibility index (Phi) is 6.35. The molecule has 0 bridgehead atoms. The summed E-state index contributed by atoms with van der Waals surface area (Å²) in [6, 6.07) is 20.3. The van der Waals surface area contributed by atoms with Gasteiger partial charge in [0.05, 0.1) is 11.4 Å². The number of anilines is 3. The normalized spacial score (nSPS) is 12.7. The molecule has 228 valence electrons. The zero-order chi connectivity index (χ0) is 32.0. The monoisotopic (exact) mass is 601 g/mol. The molecule has 3 aromatic carbocycles. The second kappa shape index (κ2) is 9.86. The van der Waals surface area contributed by atoms with Crippen LogP contribution in [0.3, 0.4) is 0 Å². The number of imidazole rings is 2. The molecule has 5 nitrogen and oxygen atoms in total. The van der Waals surface area contributed by atoms with Gasteiger partial charge in [0.15, 0.2) is 11.6 Å². The molecule has 45 heavy (non-hydrogen) atoms. The summed E-state index contributed by atoms with van der Waals surface area (Å²) in [6.07, 6.45) is 3.90. The van der Waals surface area contributed by atoms with Crippen LogP contribution >= 0.6 is 0 Å². The maximum Gasteiger partial charge on any atom is 0.161 e. The predicted octanol–water partition coefficient (Wildman–Crippen LogP) is 10.2. The van der Waals surface area contributed by atoms with Gasteiger partial charge in [0.1, 0.15) is 22.9 Å². The van der Waals surface area contributed by atoms with E-state index >= 15 is 0 Å². The van der Waals surface area contributed by atoms with Crippen LogP contribution in [0, 0.1) is 25.5 Å². The van der Waals surface area contributed by atoms with E-state index in [1.54, 1.807) is 24.3 Å². The molecule has 0 unspecified atom stereocenters. The minimum atomic E-state index is -0.280. The molecule has 4 heterocycles. The van der Waals surface area contributed by atoms with Crippen LogP contribution in [-0.2, 0) is 10.8 Å². The second-order valence-corrected chi connectivity index (χ2v) is 14.1. The van der Waals surface area contributed by atoms with E-state index in [4.69, 9.17) is 9.97 Å². The summed E-state index contributed by atoms with van der Waals surface area (Å²) in [5.41, 5.74) is 6.51. The molecule has 7 aromatic rings. The van der Waals surface area contributed by atoms with E-state index in [1.165, 1.54) is 23.3 Å². The maximum atomic E-state index is 14.2. The van der Waals surface area contributed by atoms with Crippen molar-refractivity contribution >= 4 is 50.2 Å². The highest BCUT2D eigenvalue weighted by molar-refractivity contribution is 5.97. The van der Waals surface area contributed by atoms with E-state index in [0.717, 1.165) is 61.6 Å². The van der Waals surface area contributed by atoms with Crippen molar-refractivity contribution in [2.24, 2.45) is 0 Å². The quantitative estimate of drug-likeness (QED) is 0.202. The number of benzene rings is 3. The molecule has 0 atom stereocenters. The first-order chi connectivity index (χ1) is 21.2. The molecule has 0 saturated heterocycles. The van der Waals surface area contributed by atoms with Crippen LogP contribution in [0.5, 0.6) is 0 Å². The van der Waals surface area contributed by atoms with Gasteiger partial charge >= 0.3 is 0 Å². The number of aromatic nitrogens is 4. The van der Waals surface area contributed by atoms with E-state index in [9.17, 15) is 8.78 Å². The Bertz CT molecular complexity index is 2140. The fourth-order valence-corrected chi connectivity index (χ4v) is 6.18. The number of nitrogens with zero attached hydrogens (tertiary/aromatic N) is 5. The maximum absolute atomic E-state index is 14.2. The summed E-state index contributed by atoms with van der Waals surface area (Å²) in [4.78, 5) is 12.7. The highest BCUT2D eigenvalue weighted by atomic mass is 19.1. The van der Waals surface area contributed by atoms with Gasteiger partial charge < -0.3 is 8.80 Å². The van der Waals surface area contributed by atoms with Gasteiger partial charge in [0, 0.05) is 28.9 Å². The van der Waals surface area contributed by atoms with Crippen molar-refractivity contribution in [3.63, 3.8) is 0 Å². The van der Waals surface area contributed by atoms with Crippen molar-refractivity contribution < 1.29 is 8.78 Å². The molecule has 0 fully saturated rings. The van der Waals surface area contributed by atoms with E-state index in [2.05, 4.69) is 87.3 Å². The van der Waals surface area contributed by atoms with Crippen molar-refractivity contribution in [3.05, 3.63) is 113 Å². The van der Waals surface area contributed by atoms with Gasteiger partial charge in [-0.1, -0.05) is 47.6 Å². The van der Waals surface area contributed by atoms with Gasteiger partial charge in [0.2, 0.25) is 0 Å². The summed E-state index contributed by atoms with van der Waals surface area (Å²) in [5.74, 6) is 0.912. The number of hydrogen-bond acceptors (Lipinski definition) is 3. The Morgan fingerprint density at radius 1 is 0.578 bits per heavy atom. The van der Waals surface area contributed by atoms with E-state index < -0.39 is 0 Å². The lowest BCUT2D eigenvalue weighted by Gasteiger charge is -2.30. The molecule has 0 aliphatic heterocycles. The summed E-state index contributed by atoms with van der Waals surface area (Å²) < 4.78 is 32.5. The lowest BCUT2D eigenvalue weighted by Crippen LogP contribution is -2.20. The lowest BCUT2D eigenvalue weighted by atomic mass is 9.80. The molecular weight excluding hydrogens is 564 g/mol. The second-order valence-electron chi connectivity index (χ2n) is 14.1. The molecule has 4 aromatic heterocycles. The van der Waals surface area contributed by atoms with Crippen LogP contribution in [-0.4, -0.2) is 18.8 Å². The zero-order valence-electron chi connectivity index (χ0n) is 27.0. The third kappa shape index (κ3) is 4.73. The van der Waals surface area contributed by atoms with Gasteiger partial charge in [-0.3, -0.25) is 4.90 Å². The highest BCUT2D eigenvalue weighted by Crippen LogP contribution is 2.42. The van der Waals surface area contributed by atoms with Crippen molar-refractivity contribution in [1.82, 2.24) is 18.8 Å². The molecule has 0 N–H and O–H groups in total. The molecule has 7 rings (SSSR count). The molecule has 0 aliphatic rings. The summed E-state index contributed by atoms with van der Waals surface area (Å²) in [7, 11) is 0. The van der Waals surface area contributed by atoms with Crippen molar-refractivity contribution in [2.45, 2.75) is 66.2 Å². The molecule has 0 spiro atoms. The number of pyridine rings is 2. The van der Waals surface area contributed by atoms with Gasteiger partial charge in [-0.2, -0.15) is 0 Å². The van der Waals surface area contributed by atoms with Crippen LogP contribution in [0.1, 0.15) is 64.1 Å². The fourth-order valence-electron chi connectivity index (χ4n) is 6.18. The SMILES string of the molecule is Cc1c(N(c2cc(C(C)(C)C)cc(C(C)(C)C)c2)c2nc3c4ccc(F)cc4ccn3c2C)nc2c3ccc(F)cc3ccn12. The minimum Gasteiger partial charge on any atom is -0.302 e. The molecule has 0 saturated carbocycles. The number of halogens is 2. The summed E-state index contributed by atoms with van der Waals surface area (Å²) >= 11 is 0. The number of hydrogen-bond donors (Lipinski definition) is 0. The van der Waals surface area contributed by atoms with Gasteiger partial charge in [-0.25, -0.2) is 18.7 Å². The lowest BCUT2D eigenvalue weighted by molar-refractivity contribution is 0.568. The Hall–Kier alpha value is -4.78. The Morgan fingerprint density at radius 2 is 1.00 bits per heavy atom. The smallest absolute Gasteiger partial charge is 0.161 e. The molecular formula is C38H37F2N5. The Morgan fingerprint density at radius 3 is 1.40 bits per heavy atom. The molecule has 0 amide bonds. The largest absolute Gasteiger partial charge is 0.302 e. The topological polar surface area (TPSA) is 37.8 Å². The zero-order valence-corrected chi connectivity index (χ0v) is 27.0. The fraction of sp³-hybridized carbons (Fsp3) is 0.263. The summed E-state index contributed by atoms with van der Waals surface area (Å²) in [6.45, 7) is 17.5. The van der Waals surface area contributed by atoms with Crippen molar-refractivity contribution in [3.8, 4) is 0 Å². The predicted molar refractivity (Wildman–Crippen MR) is 180 cm³/mol. The first-order valence-electron chi connectivity index (χ1n) is 15.3. The van der Waals surface area contributed by atoms with E-state index in [-0.39, 0.29) is 22.5 Å². The average molecular weight is 602 g/mol. The molecule has 7 heteroatoms. The Balaban J connectivity index is 1.58. The first kappa shape index (κ1) is 29.0. The van der Waals surface area contributed by atoms with Gasteiger partial charge in [-0.15, -0.1) is 0 Å². The van der Waals surface area contributed by atoms with E-state index in [1.807, 2.05) is 24.5 Å². The van der Waals surface area contributed by atoms with Crippen molar-refractivity contribution in [2.75, 3.05) is 4.90 Å². The third-order valence-electron chi connectivity index (χ3n) is 8.90. The molecule has 0 aliphatic carbocycles. The standard InChI is InChI=1S/C38H37F2N5/c1-22-33(41-35-31-11-9-28(39)17-24(31)13-15-43(22)35)45(30-20-26(37(3,4)5)19-27(21-30)38(6,7)8)34-23(2)44-16-14-25-18-29(40)10-12-32(25)36(44)42-34/h9-21H,1-8H3. The molecule has 0 radical (unpaired) electrons. The van der Waals surface area contributed by atoms with Crippen LogP contribution in [0.2, 0.25) is 0 Å². The van der Waals surface area contributed by atoms with Crippen LogP contribution in [0.15, 0.2) is 79.1 Å². The van der Waals surface area contributed by atoms with Crippen LogP contribution in [0.4, 0.5) is 26.1 Å². The first-order valence-corrected chi connectivity index (χ1v) is 15.3.